The van der Waals surface area contributed by atoms with Gasteiger partial charge in [-0.1, -0.05) is 13.0 Å². The SMILES string of the molecule is CN=C(NCc1ccc(N2CCC(C)CC2)nc1)N1CCN(C(=O)C2CCCO2)CC1. The first-order valence-corrected chi connectivity index (χ1v) is 11.7. The van der Waals surface area contributed by atoms with E-state index >= 15 is 0 Å². The summed E-state index contributed by atoms with van der Waals surface area (Å²) in [7, 11) is 1.81. The van der Waals surface area contributed by atoms with Gasteiger partial charge in [0, 0.05) is 65.7 Å². The number of hydrogen-bond donors (Lipinski definition) is 1. The molecule has 1 aromatic rings. The fraction of sp³-hybridized carbons (Fsp3) is 0.696. The van der Waals surface area contributed by atoms with Crippen LogP contribution in [0.15, 0.2) is 23.3 Å². The average Bonchev–Trinajstić information content (AvgIpc) is 3.35. The maximum Gasteiger partial charge on any atom is 0.251 e. The van der Waals surface area contributed by atoms with Crippen LogP contribution in [0.5, 0.6) is 0 Å². The number of anilines is 1. The Morgan fingerprint density at radius 2 is 1.87 bits per heavy atom. The molecule has 0 radical (unpaired) electrons. The van der Waals surface area contributed by atoms with Crippen LogP contribution in [-0.2, 0) is 16.1 Å². The lowest BCUT2D eigenvalue weighted by atomic mass is 9.99. The number of guanidine groups is 1. The molecule has 0 saturated carbocycles. The Morgan fingerprint density at radius 3 is 2.48 bits per heavy atom. The molecule has 1 atom stereocenters. The Hall–Kier alpha value is -2.35. The van der Waals surface area contributed by atoms with Crippen molar-refractivity contribution in [3.05, 3.63) is 23.9 Å². The normalized spacial score (nSPS) is 23.4. The molecule has 0 spiro atoms. The van der Waals surface area contributed by atoms with Gasteiger partial charge in [-0.3, -0.25) is 9.79 Å². The molecule has 1 amide bonds. The molecule has 31 heavy (non-hydrogen) atoms. The molecule has 3 saturated heterocycles. The summed E-state index contributed by atoms with van der Waals surface area (Å²) in [5.41, 5.74) is 1.14. The molecular formula is C23H36N6O2. The van der Waals surface area contributed by atoms with Crippen molar-refractivity contribution >= 4 is 17.7 Å². The quantitative estimate of drug-likeness (QED) is 0.582. The van der Waals surface area contributed by atoms with E-state index in [2.05, 4.69) is 44.1 Å². The fourth-order valence-electron chi connectivity index (χ4n) is 4.57. The number of ether oxygens (including phenoxy) is 1. The largest absolute Gasteiger partial charge is 0.368 e. The van der Waals surface area contributed by atoms with Gasteiger partial charge in [-0.05, 0) is 43.2 Å². The molecular weight excluding hydrogens is 392 g/mol. The van der Waals surface area contributed by atoms with E-state index in [9.17, 15) is 4.79 Å². The van der Waals surface area contributed by atoms with Crippen molar-refractivity contribution in [2.75, 3.05) is 57.8 Å². The summed E-state index contributed by atoms with van der Waals surface area (Å²) in [6.45, 7) is 8.90. The summed E-state index contributed by atoms with van der Waals surface area (Å²) in [4.78, 5) is 28.2. The maximum atomic E-state index is 12.5. The van der Waals surface area contributed by atoms with Crippen molar-refractivity contribution < 1.29 is 9.53 Å². The summed E-state index contributed by atoms with van der Waals surface area (Å²) in [6.07, 6.45) is 6.06. The Morgan fingerprint density at radius 1 is 1.13 bits per heavy atom. The number of aliphatic imine (C=N–C) groups is 1. The third-order valence-corrected chi connectivity index (χ3v) is 6.68. The third-order valence-electron chi connectivity index (χ3n) is 6.68. The number of rotatable bonds is 4. The van der Waals surface area contributed by atoms with E-state index in [1.54, 1.807) is 0 Å². The highest BCUT2D eigenvalue weighted by Gasteiger charge is 2.30. The van der Waals surface area contributed by atoms with Crippen LogP contribution in [0.2, 0.25) is 0 Å². The van der Waals surface area contributed by atoms with Crippen molar-refractivity contribution in [1.29, 1.82) is 0 Å². The van der Waals surface area contributed by atoms with E-state index in [1.807, 2.05) is 18.1 Å². The molecule has 3 aliphatic heterocycles. The lowest BCUT2D eigenvalue weighted by Crippen LogP contribution is -2.55. The second kappa shape index (κ2) is 10.3. The highest BCUT2D eigenvalue weighted by Crippen LogP contribution is 2.21. The Bertz CT molecular complexity index is 746. The topological polar surface area (TPSA) is 73.3 Å². The number of nitrogens with zero attached hydrogens (tertiary/aromatic N) is 5. The first-order chi connectivity index (χ1) is 15.1. The van der Waals surface area contributed by atoms with E-state index in [1.165, 1.54) is 12.8 Å². The molecule has 0 aliphatic carbocycles. The lowest BCUT2D eigenvalue weighted by Gasteiger charge is -2.37. The fourth-order valence-corrected chi connectivity index (χ4v) is 4.57. The molecule has 170 valence electrons. The molecule has 1 N–H and O–H groups in total. The van der Waals surface area contributed by atoms with Crippen LogP contribution in [0.3, 0.4) is 0 Å². The van der Waals surface area contributed by atoms with Crippen molar-refractivity contribution in [1.82, 2.24) is 20.1 Å². The summed E-state index contributed by atoms with van der Waals surface area (Å²) >= 11 is 0. The zero-order valence-electron chi connectivity index (χ0n) is 18.9. The van der Waals surface area contributed by atoms with Gasteiger partial charge >= 0.3 is 0 Å². The standard InChI is InChI=1S/C23H36N6O2/c1-18-7-9-27(10-8-18)21-6-5-19(16-25-21)17-26-23(24-2)29-13-11-28(12-14-29)22(30)20-4-3-15-31-20/h5-6,16,18,20H,3-4,7-15,17H2,1-2H3,(H,24,26). The summed E-state index contributed by atoms with van der Waals surface area (Å²) in [5, 5.41) is 3.45. The van der Waals surface area contributed by atoms with Crippen LogP contribution in [0.25, 0.3) is 0 Å². The van der Waals surface area contributed by atoms with E-state index in [4.69, 9.17) is 4.74 Å². The molecule has 3 aliphatic rings. The van der Waals surface area contributed by atoms with E-state index < -0.39 is 0 Å². The monoisotopic (exact) mass is 428 g/mol. The molecule has 3 fully saturated rings. The van der Waals surface area contributed by atoms with E-state index in [0.717, 1.165) is 62.3 Å². The van der Waals surface area contributed by atoms with Crippen LogP contribution in [0.1, 0.15) is 38.2 Å². The number of carbonyl (C=O) groups is 1. The molecule has 8 heteroatoms. The van der Waals surface area contributed by atoms with Crippen molar-refractivity contribution in [3.8, 4) is 0 Å². The average molecular weight is 429 g/mol. The zero-order valence-corrected chi connectivity index (χ0v) is 18.9. The summed E-state index contributed by atoms with van der Waals surface area (Å²) in [6, 6.07) is 4.28. The summed E-state index contributed by atoms with van der Waals surface area (Å²) in [5.74, 6) is 2.92. The summed E-state index contributed by atoms with van der Waals surface area (Å²) < 4.78 is 5.55. The van der Waals surface area contributed by atoms with Crippen LogP contribution in [-0.4, -0.2) is 85.7 Å². The predicted molar refractivity (Wildman–Crippen MR) is 122 cm³/mol. The van der Waals surface area contributed by atoms with Gasteiger partial charge in [0.2, 0.25) is 0 Å². The van der Waals surface area contributed by atoms with Crippen LogP contribution in [0, 0.1) is 5.92 Å². The second-order valence-electron chi connectivity index (χ2n) is 8.91. The zero-order chi connectivity index (χ0) is 21.6. The predicted octanol–water partition coefficient (Wildman–Crippen LogP) is 1.72. The molecule has 4 heterocycles. The Kier molecular flexibility index (Phi) is 7.27. The number of nitrogens with one attached hydrogen (secondary N) is 1. The molecule has 1 unspecified atom stereocenters. The highest BCUT2D eigenvalue weighted by atomic mass is 16.5. The van der Waals surface area contributed by atoms with Crippen LogP contribution >= 0.6 is 0 Å². The van der Waals surface area contributed by atoms with Gasteiger partial charge in [-0.2, -0.15) is 0 Å². The van der Waals surface area contributed by atoms with E-state index in [0.29, 0.717) is 26.2 Å². The molecule has 0 bridgehead atoms. The number of pyridine rings is 1. The third kappa shape index (κ3) is 5.47. The Balaban J connectivity index is 1.24. The minimum Gasteiger partial charge on any atom is -0.368 e. The van der Waals surface area contributed by atoms with Crippen LogP contribution < -0.4 is 10.2 Å². The Labute approximate surface area is 185 Å². The molecule has 4 rings (SSSR count). The number of piperidine rings is 1. The number of carbonyl (C=O) groups excluding carboxylic acids is 1. The van der Waals surface area contributed by atoms with E-state index in [-0.39, 0.29) is 12.0 Å². The van der Waals surface area contributed by atoms with Gasteiger partial charge in [0.25, 0.3) is 5.91 Å². The second-order valence-corrected chi connectivity index (χ2v) is 8.91. The minimum absolute atomic E-state index is 0.148. The minimum atomic E-state index is -0.229. The number of piperazine rings is 1. The van der Waals surface area contributed by atoms with Crippen molar-refractivity contribution in [2.45, 2.75) is 45.3 Å². The lowest BCUT2D eigenvalue weighted by molar-refractivity contribution is -0.142. The van der Waals surface area contributed by atoms with Crippen molar-refractivity contribution in [2.24, 2.45) is 10.9 Å². The van der Waals surface area contributed by atoms with Gasteiger partial charge in [-0.15, -0.1) is 0 Å². The first-order valence-electron chi connectivity index (χ1n) is 11.7. The molecule has 8 nitrogen and oxygen atoms in total. The van der Waals surface area contributed by atoms with Gasteiger partial charge in [0.15, 0.2) is 5.96 Å². The van der Waals surface area contributed by atoms with Gasteiger partial charge in [-0.25, -0.2) is 4.98 Å². The van der Waals surface area contributed by atoms with Crippen molar-refractivity contribution in [3.63, 3.8) is 0 Å². The van der Waals surface area contributed by atoms with Crippen LogP contribution in [0.4, 0.5) is 5.82 Å². The first kappa shape index (κ1) is 21.9. The smallest absolute Gasteiger partial charge is 0.251 e. The number of hydrogen-bond acceptors (Lipinski definition) is 5. The number of amides is 1. The number of aromatic nitrogens is 1. The van der Waals surface area contributed by atoms with Gasteiger partial charge in [0.1, 0.15) is 11.9 Å². The maximum absolute atomic E-state index is 12.5. The molecule has 0 aromatic carbocycles. The molecule has 1 aromatic heterocycles. The highest BCUT2D eigenvalue weighted by molar-refractivity contribution is 5.82. The van der Waals surface area contributed by atoms with Gasteiger partial charge in [0.05, 0.1) is 0 Å². The van der Waals surface area contributed by atoms with Gasteiger partial charge < -0.3 is 24.8 Å².